The van der Waals surface area contributed by atoms with Gasteiger partial charge in [-0.1, -0.05) is 0 Å². The maximum Gasteiger partial charge on any atom is 0.327 e. The third-order valence-corrected chi connectivity index (χ3v) is 6.11. The molecule has 0 aromatic rings. The predicted octanol–water partition coefficient (Wildman–Crippen LogP) is -2.15. The van der Waals surface area contributed by atoms with Crippen molar-refractivity contribution in [2.45, 2.75) is 62.7 Å². The van der Waals surface area contributed by atoms with E-state index < -0.39 is 36.0 Å². The minimum absolute atomic E-state index is 0.0247. The fraction of sp³-hybridized carbons (Fsp3) is 0.737. The monoisotopic (exact) mass is 471 g/mol. The van der Waals surface area contributed by atoms with Gasteiger partial charge in [0, 0.05) is 25.4 Å². The third-order valence-electron chi connectivity index (χ3n) is 5.74. The average molecular weight is 472 g/mol. The highest BCUT2D eigenvalue weighted by Crippen LogP contribution is 2.26. The normalized spacial score (nSPS) is 22.3. The van der Waals surface area contributed by atoms with E-state index in [0.29, 0.717) is 58.2 Å². The summed E-state index contributed by atoms with van der Waals surface area (Å²) in [6, 6.07) is -3.36. The molecule has 0 aliphatic carbocycles. The van der Waals surface area contributed by atoms with Gasteiger partial charge in [-0.3, -0.25) is 19.4 Å². The van der Waals surface area contributed by atoms with Gasteiger partial charge in [-0.15, -0.1) is 0 Å². The van der Waals surface area contributed by atoms with Gasteiger partial charge in [0.25, 0.3) is 0 Å². The van der Waals surface area contributed by atoms with Crippen molar-refractivity contribution in [1.82, 2.24) is 15.1 Å². The van der Waals surface area contributed by atoms with Gasteiger partial charge in [0.15, 0.2) is 5.96 Å². The highest BCUT2D eigenvalue weighted by atomic mass is 32.1. The molecule has 0 bridgehead atoms. The molecule has 0 aromatic carbocycles. The maximum atomic E-state index is 13.3. The molecule has 8 N–H and O–H groups in total. The Labute approximate surface area is 192 Å². The van der Waals surface area contributed by atoms with Crippen molar-refractivity contribution in [2.75, 3.05) is 25.4 Å². The van der Waals surface area contributed by atoms with Crippen LogP contribution in [0.4, 0.5) is 0 Å². The van der Waals surface area contributed by atoms with Crippen LogP contribution in [0.1, 0.15) is 38.5 Å². The molecule has 0 spiro atoms. The van der Waals surface area contributed by atoms with Crippen molar-refractivity contribution < 1.29 is 24.3 Å². The van der Waals surface area contributed by atoms with Gasteiger partial charge < -0.3 is 37.4 Å². The van der Waals surface area contributed by atoms with Gasteiger partial charge in [-0.25, -0.2) is 4.79 Å². The first kappa shape index (κ1) is 25.7. The molecule has 2 heterocycles. The summed E-state index contributed by atoms with van der Waals surface area (Å²) in [4.78, 5) is 56.8. The first-order chi connectivity index (χ1) is 15.2. The quantitative estimate of drug-likeness (QED) is 0.0896. The van der Waals surface area contributed by atoms with Crippen LogP contribution in [0.2, 0.25) is 0 Å². The molecule has 3 amide bonds. The first-order valence-corrected chi connectivity index (χ1v) is 11.4. The average Bonchev–Trinajstić information content (AvgIpc) is 3.43. The van der Waals surface area contributed by atoms with E-state index in [4.69, 9.17) is 22.3 Å². The number of hydrogen-bond donors (Lipinski definition) is 6. The summed E-state index contributed by atoms with van der Waals surface area (Å²) in [6.07, 6.45) is 3.11. The number of guanidine groups is 1. The number of carbonyl (C=O) groups excluding carboxylic acids is 3. The smallest absolute Gasteiger partial charge is 0.327 e. The minimum Gasteiger partial charge on any atom is -0.480 e. The maximum absolute atomic E-state index is 13.3. The fourth-order valence-corrected chi connectivity index (χ4v) is 4.34. The molecular weight excluding hydrogens is 438 g/mol. The molecule has 12 nitrogen and oxygen atoms in total. The number of hydrogen-bond acceptors (Lipinski definition) is 7. The Hall–Kier alpha value is -2.54. The van der Waals surface area contributed by atoms with Crippen molar-refractivity contribution in [1.29, 1.82) is 0 Å². The van der Waals surface area contributed by atoms with E-state index in [1.54, 1.807) is 0 Å². The molecule has 4 unspecified atom stereocenters. The van der Waals surface area contributed by atoms with Crippen molar-refractivity contribution in [3.05, 3.63) is 0 Å². The molecule has 2 fully saturated rings. The van der Waals surface area contributed by atoms with Crippen molar-refractivity contribution in [2.24, 2.45) is 22.2 Å². The zero-order valence-electron chi connectivity index (χ0n) is 18.0. The lowest BCUT2D eigenvalue weighted by molar-refractivity contribution is -0.148. The van der Waals surface area contributed by atoms with E-state index in [2.05, 4.69) is 22.9 Å². The van der Waals surface area contributed by atoms with Gasteiger partial charge in [0.2, 0.25) is 17.7 Å². The standard InChI is InChI=1S/C19H33N7O5S/c20-11(4-1-7-23-19(21)22)16(28)26-9-3-6-14(26)17(29)25-8-2-5-13(25)15(27)24-12(10-32)18(30)31/h11-14,32H,1-10,20H2,(H,24,27)(H,30,31)(H4,21,22,23). The molecule has 0 aromatic heterocycles. The van der Waals surface area contributed by atoms with Gasteiger partial charge in [0.1, 0.15) is 18.1 Å². The molecule has 13 heteroatoms. The fourth-order valence-electron chi connectivity index (χ4n) is 4.09. The molecule has 2 aliphatic rings. The lowest BCUT2D eigenvalue weighted by atomic mass is 10.1. The first-order valence-electron chi connectivity index (χ1n) is 10.7. The Balaban J connectivity index is 2.00. The summed E-state index contributed by atoms with van der Waals surface area (Å²) >= 11 is 3.95. The SMILES string of the molecule is NC(N)=NCCCC(N)C(=O)N1CCCC1C(=O)N1CCCC1C(=O)NC(CS)C(=O)O. The minimum atomic E-state index is -1.19. The number of rotatable bonds is 10. The Kier molecular flexibility index (Phi) is 9.57. The lowest BCUT2D eigenvalue weighted by Gasteiger charge is -2.32. The van der Waals surface area contributed by atoms with Crippen molar-refractivity contribution in [3.63, 3.8) is 0 Å². The molecule has 2 saturated heterocycles. The van der Waals surface area contributed by atoms with E-state index in [9.17, 15) is 19.2 Å². The number of likely N-dealkylation sites (tertiary alicyclic amines) is 2. The molecular formula is C19H33N7O5S. The van der Waals surface area contributed by atoms with Gasteiger partial charge >= 0.3 is 5.97 Å². The number of aliphatic carboxylic acids is 1. The van der Waals surface area contributed by atoms with Gasteiger partial charge in [-0.2, -0.15) is 12.6 Å². The zero-order chi connectivity index (χ0) is 23.8. The number of nitrogens with two attached hydrogens (primary N) is 3. The van der Waals surface area contributed by atoms with E-state index in [1.165, 1.54) is 9.80 Å². The van der Waals surface area contributed by atoms with Crippen LogP contribution in [0, 0.1) is 0 Å². The van der Waals surface area contributed by atoms with E-state index in [-0.39, 0.29) is 23.5 Å². The number of carboxylic acid groups (broad SMARTS) is 1. The summed E-state index contributed by atoms with van der Waals surface area (Å²) in [5, 5.41) is 11.6. The number of nitrogens with one attached hydrogen (secondary N) is 1. The second kappa shape index (κ2) is 11.9. The molecule has 2 aliphatic heterocycles. The van der Waals surface area contributed by atoms with Crippen LogP contribution in [0.25, 0.3) is 0 Å². The van der Waals surface area contributed by atoms with Crippen LogP contribution in [0.15, 0.2) is 4.99 Å². The Morgan fingerprint density at radius 2 is 1.72 bits per heavy atom. The van der Waals surface area contributed by atoms with Crippen LogP contribution in [-0.4, -0.2) is 94.1 Å². The van der Waals surface area contributed by atoms with Gasteiger partial charge in [0.05, 0.1) is 6.04 Å². The largest absolute Gasteiger partial charge is 0.480 e. The molecule has 2 rings (SSSR count). The molecule has 0 saturated carbocycles. The predicted molar refractivity (Wildman–Crippen MR) is 121 cm³/mol. The zero-order valence-corrected chi connectivity index (χ0v) is 18.9. The number of nitrogens with zero attached hydrogens (tertiary/aromatic N) is 3. The van der Waals surface area contributed by atoms with Gasteiger partial charge in [-0.05, 0) is 38.5 Å². The number of aliphatic imine (C=N–C) groups is 1. The van der Waals surface area contributed by atoms with E-state index in [0.717, 1.165) is 0 Å². The third kappa shape index (κ3) is 6.48. The van der Waals surface area contributed by atoms with Crippen LogP contribution < -0.4 is 22.5 Å². The van der Waals surface area contributed by atoms with E-state index >= 15 is 0 Å². The molecule has 180 valence electrons. The second-order valence-electron chi connectivity index (χ2n) is 8.02. The summed E-state index contributed by atoms with van der Waals surface area (Å²) in [6.45, 7) is 1.15. The second-order valence-corrected chi connectivity index (χ2v) is 8.38. The summed E-state index contributed by atoms with van der Waals surface area (Å²) in [5.41, 5.74) is 16.6. The Bertz CT molecular complexity index is 746. The molecule has 0 radical (unpaired) electrons. The van der Waals surface area contributed by atoms with Crippen LogP contribution in [-0.2, 0) is 19.2 Å². The van der Waals surface area contributed by atoms with Crippen LogP contribution >= 0.6 is 12.6 Å². The van der Waals surface area contributed by atoms with E-state index in [1.807, 2.05) is 0 Å². The van der Waals surface area contributed by atoms with Crippen molar-refractivity contribution >= 4 is 42.3 Å². The van der Waals surface area contributed by atoms with Crippen LogP contribution in [0.5, 0.6) is 0 Å². The number of carboxylic acids is 1. The lowest BCUT2D eigenvalue weighted by Crippen LogP contribution is -2.56. The summed E-state index contributed by atoms with van der Waals surface area (Å²) in [7, 11) is 0. The highest BCUT2D eigenvalue weighted by molar-refractivity contribution is 7.80. The summed E-state index contributed by atoms with van der Waals surface area (Å²) in [5.74, 6) is -2.42. The Morgan fingerprint density at radius 3 is 2.31 bits per heavy atom. The summed E-state index contributed by atoms with van der Waals surface area (Å²) < 4.78 is 0. The highest BCUT2D eigenvalue weighted by Gasteiger charge is 2.43. The molecule has 32 heavy (non-hydrogen) atoms. The number of carbonyl (C=O) groups is 4. The molecule has 4 atom stereocenters. The topological polar surface area (TPSA) is 197 Å². The van der Waals surface area contributed by atoms with Crippen LogP contribution in [0.3, 0.4) is 0 Å². The Morgan fingerprint density at radius 1 is 1.09 bits per heavy atom. The van der Waals surface area contributed by atoms with Crippen molar-refractivity contribution in [3.8, 4) is 0 Å². The number of amides is 3. The number of thiol groups is 1.